The minimum atomic E-state index is -2.20. The van der Waals surface area contributed by atoms with E-state index in [0.29, 0.717) is 12.8 Å². The summed E-state index contributed by atoms with van der Waals surface area (Å²) in [6.07, 6.45) is 11.6. The lowest BCUT2D eigenvalue weighted by Gasteiger charge is -2.22. The number of hydrogen-bond acceptors (Lipinski definition) is 5. The van der Waals surface area contributed by atoms with Crippen molar-refractivity contribution in [2.45, 2.75) is 64.0 Å². The molecule has 0 amide bonds. The predicted molar refractivity (Wildman–Crippen MR) is 135 cm³/mol. The summed E-state index contributed by atoms with van der Waals surface area (Å²) in [7, 11) is 1.65. The van der Waals surface area contributed by atoms with E-state index in [0.717, 1.165) is 40.8 Å². The largest absolute Gasteiger partial charge is 0.479 e. The third-order valence-corrected chi connectivity index (χ3v) is 5.80. The number of benzene rings is 1. The van der Waals surface area contributed by atoms with Crippen molar-refractivity contribution in [2.75, 3.05) is 25.7 Å². The summed E-state index contributed by atoms with van der Waals surface area (Å²) in [5.41, 5.74) is 0.842. The van der Waals surface area contributed by atoms with Crippen LogP contribution >= 0.6 is 0 Å². The number of methoxy groups -OCH3 is 1. The van der Waals surface area contributed by atoms with Crippen molar-refractivity contribution in [1.29, 1.82) is 0 Å². The average molecular weight is 464 g/mol. The standard InChI is InChI=1S/C18H20N2O2.C8H15F2N.2H2/c1-4-16(22-18(2)7-8-18)13-5-6-14-11-19-17(20-12-21-3)10-15(14)9-13;9-8(10)6-11-7-4-2-1-3-5-7;;/h4-11H,12H2,1-3H3,(H,19,20);7-8,11H,1-6H2;2*1H/b16-4-;;;. The molecule has 1 heterocycles. The first-order valence-corrected chi connectivity index (χ1v) is 11.6. The number of alkyl halides is 2. The molecule has 1 aromatic carbocycles. The van der Waals surface area contributed by atoms with Crippen LogP contribution in [0.15, 0.2) is 48.7 Å². The van der Waals surface area contributed by atoms with E-state index >= 15 is 0 Å². The quantitative estimate of drug-likeness (QED) is 0.249. The summed E-state index contributed by atoms with van der Waals surface area (Å²) in [5, 5.41) is 8.19. The van der Waals surface area contributed by atoms with Crippen LogP contribution in [0.4, 0.5) is 14.6 Å². The fourth-order valence-corrected chi connectivity index (χ4v) is 3.81. The highest BCUT2D eigenvalue weighted by Crippen LogP contribution is 2.34. The molecule has 5 nitrogen and oxygen atoms in total. The monoisotopic (exact) mass is 463 g/mol. The maximum atomic E-state index is 11.7. The highest BCUT2D eigenvalue weighted by atomic mass is 19.3. The van der Waals surface area contributed by atoms with E-state index in [2.05, 4.69) is 33.8 Å². The van der Waals surface area contributed by atoms with Gasteiger partial charge in [-0.15, -0.1) is 0 Å². The van der Waals surface area contributed by atoms with Crippen LogP contribution in [0.25, 0.3) is 16.5 Å². The number of hydrogen-bond donors (Lipinski definition) is 2. The molecule has 0 saturated heterocycles. The molecular formula is C26H39F2N3O2. The Balaban J connectivity index is 0.000000403. The summed E-state index contributed by atoms with van der Waals surface area (Å²) in [5.74, 6) is 1.68. The van der Waals surface area contributed by atoms with E-state index in [1.165, 1.54) is 19.3 Å². The van der Waals surface area contributed by atoms with Gasteiger partial charge in [0.2, 0.25) is 0 Å². The van der Waals surface area contributed by atoms with Crippen molar-refractivity contribution in [3.05, 3.63) is 54.3 Å². The minimum absolute atomic E-state index is 0. The molecule has 2 aliphatic carbocycles. The number of nitrogens with one attached hydrogen (secondary N) is 2. The lowest BCUT2D eigenvalue weighted by Crippen LogP contribution is -2.34. The Morgan fingerprint density at radius 3 is 2.61 bits per heavy atom. The minimum Gasteiger partial charge on any atom is -0.479 e. The van der Waals surface area contributed by atoms with Crippen LogP contribution in [0.3, 0.4) is 0 Å². The van der Waals surface area contributed by atoms with Crippen LogP contribution in [0.2, 0.25) is 0 Å². The molecule has 1 aromatic heterocycles. The number of pyridine rings is 1. The number of anilines is 1. The number of nitrogens with zero attached hydrogens (tertiary/aromatic N) is 1. The van der Waals surface area contributed by atoms with Crippen molar-refractivity contribution in [3.63, 3.8) is 0 Å². The smallest absolute Gasteiger partial charge is 0.250 e. The van der Waals surface area contributed by atoms with E-state index in [4.69, 9.17) is 9.47 Å². The van der Waals surface area contributed by atoms with Crippen LogP contribution in [0.1, 0.15) is 54.4 Å². The van der Waals surface area contributed by atoms with E-state index in [1.807, 2.05) is 44.3 Å². The first-order valence-electron chi connectivity index (χ1n) is 11.6. The Morgan fingerprint density at radius 1 is 1.21 bits per heavy atom. The van der Waals surface area contributed by atoms with Gasteiger partial charge in [-0.1, -0.05) is 31.4 Å². The van der Waals surface area contributed by atoms with Crippen LogP contribution in [-0.2, 0) is 9.47 Å². The fraction of sp³-hybridized carbons (Fsp3) is 0.500. The number of fused-ring (bicyclic) bond motifs is 1. The molecule has 33 heavy (non-hydrogen) atoms. The summed E-state index contributed by atoms with van der Waals surface area (Å²) in [6.45, 7) is 4.34. The second-order valence-electron chi connectivity index (χ2n) is 8.65. The van der Waals surface area contributed by atoms with Gasteiger partial charge in [0, 0.05) is 33.2 Å². The number of allylic oxidation sites excluding steroid dienone is 1. The molecule has 7 heteroatoms. The van der Waals surface area contributed by atoms with Crippen LogP contribution < -0.4 is 10.6 Å². The Bertz CT molecular complexity index is 961. The Labute approximate surface area is 198 Å². The molecule has 1 fully saturated rings. The van der Waals surface area contributed by atoms with Crippen LogP contribution in [-0.4, -0.2) is 43.4 Å². The van der Waals surface area contributed by atoms with E-state index in [9.17, 15) is 8.78 Å². The van der Waals surface area contributed by atoms with Crippen molar-refractivity contribution < 1.29 is 21.1 Å². The van der Waals surface area contributed by atoms with Gasteiger partial charge >= 0.3 is 0 Å². The van der Waals surface area contributed by atoms with Crippen LogP contribution in [0, 0.1) is 0 Å². The number of halogens is 2. The maximum Gasteiger partial charge on any atom is 0.250 e. The number of ether oxygens (including phenoxy) is 2. The third kappa shape index (κ3) is 8.09. The average Bonchev–Trinajstić information content (AvgIpc) is 3.57. The van der Waals surface area contributed by atoms with Gasteiger partial charge < -0.3 is 20.1 Å². The maximum absolute atomic E-state index is 11.7. The molecule has 2 aliphatic rings. The Morgan fingerprint density at radius 2 is 1.97 bits per heavy atom. The van der Waals surface area contributed by atoms with Gasteiger partial charge in [0.25, 0.3) is 6.43 Å². The summed E-state index contributed by atoms with van der Waals surface area (Å²) >= 11 is 0. The fourth-order valence-electron chi connectivity index (χ4n) is 3.81. The van der Waals surface area contributed by atoms with Gasteiger partial charge in [-0.25, -0.2) is 13.8 Å². The third-order valence-electron chi connectivity index (χ3n) is 5.80. The predicted octanol–water partition coefficient (Wildman–Crippen LogP) is 6.62. The highest BCUT2D eigenvalue weighted by Gasteiger charge is 2.31. The Hall–Kier alpha value is -2.51. The molecule has 0 bridgehead atoms. The van der Waals surface area contributed by atoms with Crippen LogP contribution in [0.5, 0.6) is 0 Å². The molecule has 0 atom stereocenters. The zero-order chi connectivity index (χ0) is 23.7. The second kappa shape index (κ2) is 12.1. The van der Waals surface area contributed by atoms with Crippen molar-refractivity contribution >= 4 is 22.3 Å². The Kier molecular flexibility index (Phi) is 9.21. The van der Waals surface area contributed by atoms with Gasteiger partial charge in [0.1, 0.15) is 23.9 Å². The summed E-state index contributed by atoms with van der Waals surface area (Å²) in [6, 6.07) is 8.62. The molecule has 0 unspecified atom stereocenters. The van der Waals surface area contributed by atoms with Crippen molar-refractivity contribution in [3.8, 4) is 0 Å². The molecule has 0 aliphatic heterocycles. The molecule has 2 aromatic rings. The van der Waals surface area contributed by atoms with Gasteiger partial charge in [-0.3, -0.25) is 0 Å². The zero-order valence-corrected chi connectivity index (χ0v) is 19.7. The van der Waals surface area contributed by atoms with E-state index in [1.54, 1.807) is 7.11 Å². The molecule has 184 valence electrons. The van der Waals surface area contributed by atoms with E-state index in [-0.39, 0.29) is 15.0 Å². The van der Waals surface area contributed by atoms with Gasteiger partial charge in [0.15, 0.2) is 0 Å². The van der Waals surface area contributed by atoms with Gasteiger partial charge in [0.05, 0.1) is 6.54 Å². The summed E-state index contributed by atoms with van der Waals surface area (Å²) < 4.78 is 34.5. The van der Waals surface area contributed by atoms with Crippen molar-refractivity contribution in [2.24, 2.45) is 0 Å². The van der Waals surface area contributed by atoms with Gasteiger partial charge in [-0.2, -0.15) is 0 Å². The lowest BCUT2D eigenvalue weighted by atomic mass is 9.96. The zero-order valence-electron chi connectivity index (χ0n) is 19.7. The van der Waals surface area contributed by atoms with Gasteiger partial charge in [-0.05, 0) is 62.4 Å². The molecule has 0 spiro atoms. The molecule has 4 rings (SSSR count). The first kappa shape index (κ1) is 25.1. The first-order chi connectivity index (χ1) is 15.9. The number of rotatable bonds is 9. The van der Waals surface area contributed by atoms with E-state index < -0.39 is 6.43 Å². The highest BCUT2D eigenvalue weighted by molar-refractivity contribution is 5.87. The van der Waals surface area contributed by atoms with Crippen molar-refractivity contribution in [1.82, 2.24) is 10.3 Å². The molecule has 0 radical (unpaired) electrons. The summed E-state index contributed by atoms with van der Waals surface area (Å²) in [4.78, 5) is 4.36. The number of aromatic nitrogens is 1. The molecule has 1 saturated carbocycles. The second-order valence-corrected chi connectivity index (χ2v) is 8.65. The SMILES string of the molecule is C/C=C(\OC1(C)C=C1)c1ccc2cnc(NCOC)cc2c1.FC(F)CNC1CCCCC1.[HH].[HH]. The lowest BCUT2D eigenvalue weighted by molar-refractivity contribution is 0.138. The topological polar surface area (TPSA) is 55.4 Å². The molecular weight excluding hydrogens is 424 g/mol. The normalized spacial score (nSPS) is 17.6. The molecule has 2 N–H and O–H groups in total.